The summed E-state index contributed by atoms with van der Waals surface area (Å²) in [6.07, 6.45) is 6.67. The maximum atomic E-state index is 12.7. The van der Waals surface area contributed by atoms with Crippen molar-refractivity contribution >= 4 is 17.2 Å². The highest BCUT2D eigenvalue weighted by Crippen LogP contribution is 2.34. The standard InChI is InChI=1S/C16H20N4O2S/c21-15(8-14-16-12(3-6-22-14)4-7-23-16)19-5-1-2-13(9-19)20-11-17-10-18-20/h4,7,10-11,13-14H,1-3,5-6,8-9H2/t13-,14+/m0/s1. The summed E-state index contributed by atoms with van der Waals surface area (Å²) in [5, 5.41) is 6.31. The van der Waals surface area contributed by atoms with Gasteiger partial charge in [-0.3, -0.25) is 4.79 Å². The summed E-state index contributed by atoms with van der Waals surface area (Å²) >= 11 is 1.70. The topological polar surface area (TPSA) is 60.2 Å². The molecule has 0 bridgehead atoms. The molecule has 0 radical (unpaired) electrons. The van der Waals surface area contributed by atoms with Crippen molar-refractivity contribution in [1.82, 2.24) is 19.7 Å². The molecule has 4 rings (SSSR count). The van der Waals surface area contributed by atoms with Gasteiger partial charge in [-0.05, 0) is 36.3 Å². The lowest BCUT2D eigenvalue weighted by Crippen LogP contribution is -2.41. The van der Waals surface area contributed by atoms with Gasteiger partial charge in [-0.25, -0.2) is 9.67 Å². The number of likely N-dealkylation sites (tertiary alicyclic amines) is 1. The van der Waals surface area contributed by atoms with E-state index in [1.807, 2.05) is 9.58 Å². The minimum absolute atomic E-state index is 0.0713. The zero-order valence-electron chi connectivity index (χ0n) is 12.9. The first-order valence-electron chi connectivity index (χ1n) is 8.11. The number of hydrogen-bond donors (Lipinski definition) is 0. The molecule has 4 heterocycles. The number of thiophene rings is 1. The summed E-state index contributed by atoms with van der Waals surface area (Å²) in [6.45, 7) is 2.25. The van der Waals surface area contributed by atoms with Gasteiger partial charge in [0.15, 0.2) is 0 Å². The molecule has 1 amide bonds. The SMILES string of the molecule is O=C(C[C@H]1OCCc2ccsc21)N1CCC[C@H](n2cncn2)C1. The Balaban J connectivity index is 1.42. The Kier molecular flexibility index (Phi) is 4.13. The van der Waals surface area contributed by atoms with Gasteiger partial charge in [0.2, 0.25) is 5.91 Å². The van der Waals surface area contributed by atoms with Crippen LogP contribution in [0.5, 0.6) is 0 Å². The molecule has 0 saturated carbocycles. The van der Waals surface area contributed by atoms with Gasteiger partial charge in [0.05, 0.1) is 19.1 Å². The molecule has 1 saturated heterocycles. The second-order valence-corrected chi connectivity index (χ2v) is 7.08. The number of amides is 1. The lowest BCUT2D eigenvalue weighted by Gasteiger charge is -2.34. The van der Waals surface area contributed by atoms with E-state index in [9.17, 15) is 4.79 Å². The number of carbonyl (C=O) groups excluding carboxylic acids is 1. The molecule has 0 aliphatic carbocycles. The quantitative estimate of drug-likeness (QED) is 0.864. The molecule has 2 aliphatic rings. The van der Waals surface area contributed by atoms with Crippen LogP contribution in [0.3, 0.4) is 0 Å². The first kappa shape index (κ1) is 14.8. The second-order valence-electron chi connectivity index (χ2n) is 6.13. The van der Waals surface area contributed by atoms with Crippen molar-refractivity contribution in [2.24, 2.45) is 0 Å². The Bertz CT molecular complexity index is 669. The Morgan fingerprint density at radius 3 is 3.30 bits per heavy atom. The molecule has 2 aromatic heterocycles. The van der Waals surface area contributed by atoms with E-state index in [-0.39, 0.29) is 18.1 Å². The van der Waals surface area contributed by atoms with Gasteiger partial charge in [0.25, 0.3) is 0 Å². The number of hydrogen-bond acceptors (Lipinski definition) is 5. The van der Waals surface area contributed by atoms with Crippen molar-refractivity contribution in [2.75, 3.05) is 19.7 Å². The molecule has 1 fully saturated rings. The van der Waals surface area contributed by atoms with Gasteiger partial charge in [-0.2, -0.15) is 5.10 Å². The number of nitrogens with zero attached hydrogens (tertiary/aromatic N) is 4. The van der Waals surface area contributed by atoms with Gasteiger partial charge >= 0.3 is 0 Å². The first-order chi connectivity index (χ1) is 11.3. The van der Waals surface area contributed by atoms with Crippen LogP contribution in [-0.2, 0) is 16.0 Å². The summed E-state index contributed by atoms with van der Waals surface area (Å²) in [4.78, 5) is 19.9. The second kappa shape index (κ2) is 6.41. The molecule has 23 heavy (non-hydrogen) atoms. The monoisotopic (exact) mass is 332 g/mol. The zero-order valence-corrected chi connectivity index (χ0v) is 13.7. The molecule has 122 valence electrons. The minimum atomic E-state index is -0.0713. The molecular formula is C16H20N4O2S. The Hall–Kier alpha value is -1.73. The molecule has 2 atom stereocenters. The molecule has 0 aromatic carbocycles. The van der Waals surface area contributed by atoms with E-state index >= 15 is 0 Å². The van der Waals surface area contributed by atoms with Crippen molar-refractivity contribution in [1.29, 1.82) is 0 Å². The van der Waals surface area contributed by atoms with Crippen LogP contribution >= 0.6 is 11.3 Å². The van der Waals surface area contributed by atoms with Crippen molar-refractivity contribution in [3.63, 3.8) is 0 Å². The highest BCUT2D eigenvalue weighted by molar-refractivity contribution is 7.10. The first-order valence-corrected chi connectivity index (χ1v) is 8.99. The van der Waals surface area contributed by atoms with Crippen LogP contribution in [0.4, 0.5) is 0 Å². The van der Waals surface area contributed by atoms with E-state index in [4.69, 9.17) is 4.74 Å². The van der Waals surface area contributed by atoms with Crippen molar-refractivity contribution in [3.8, 4) is 0 Å². The summed E-state index contributed by atoms with van der Waals surface area (Å²) < 4.78 is 7.73. The van der Waals surface area contributed by atoms with Gasteiger partial charge in [0.1, 0.15) is 18.8 Å². The van der Waals surface area contributed by atoms with Crippen molar-refractivity contribution < 1.29 is 9.53 Å². The molecule has 7 heteroatoms. The van der Waals surface area contributed by atoms with E-state index in [0.29, 0.717) is 19.6 Å². The lowest BCUT2D eigenvalue weighted by atomic mass is 10.0. The summed E-state index contributed by atoms with van der Waals surface area (Å²) in [7, 11) is 0. The molecule has 0 unspecified atom stereocenters. The number of rotatable bonds is 3. The third kappa shape index (κ3) is 3.03. The third-order valence-corrected chi connectivity index (χ3v) is 5.73. The Labute approximate surface area is 139 Å². The molecule has 6 nitrogen and oxygen atoms in total. The molecular weight excluding hydrogens is 312 g/mol. The molecule has 2 aliphatic heterocycles. The number of fused-ring (bicyclic) bond motifs is 1. The fraction of sp³-hybridized carbons (Fsp3) is 0.562. The molecule has 2 aromatic rings. The maximum absolute atomic E-state index is 12.7. The lowest BCUT2D eigenvalue weighted by molar-refractivity contribution is -0.136. The van der Waals surface area contributed by atoms with E-state index in [0.717, 1.165) is 25.8 Å². The minimum Gasteiger partial charge on any atom is -0.372 e. The van der Waals surface area contributed by atoms with Crippen molar-refractivity contribution in [2.45, 2.75) is 37.8 Å². The predicted molar refractivity (Wildman–Crippen MR) is 86.2 cm³/mol. The van der Waals surface area contributed by atoms with Crippen LogP contribution in [0.2, 0.25) is 0 Å². The largest absolute Gasteiger partial charge is 0.372 e. The smallest absolute Gasteiger partial charge is 0.225 e. The highest BCUT2D eigenvalue weighted by Gasteiger charge is 2.30. The van der Waals surface area contributed by atoms with E-state index in [1.165, 1.54) is 10.4 Å². The van der Waals surface area contributed by atoms with Gasteiger partial charge in [0, 0.05) is 18.0 Å². The predicted octanol–water partition coefficient (Wildman–Crippen LogP) is 2.21. The van der Waals surface area contributed by atoms with Crippen LogP contribution in [0.1, 0.15) is 41.8 Å². The van der Waals surface area contributed by atoms with E-state index in [1.54, 1.807) is 24.0 Å². The van der Waals surface area contributed by atoms with E-state index < -0.39 is 0 Å². The number of aromatic nitrogens is 3. The summed E-state index contributed by atoms with van der Waals surface area (Å²) in [5.74, 6) is 0.182. The molecule has 0 N–H and O–H groups in total. The van der Waals surface area contributed by atoms with Crippen LogP contribution in [0, 0.1) is 0 Å². The van der Waals surface area contributed by atoms with E-state index in [2.05, 4.69) is 21.5 Å². The van der Waals surface area contributed by atoms with Crippen LogP contribution in [-0.4, -0.2) is 45.3 Å². The number of ether oxygens (including phenoxy) is 1. The van der Waals surface area contributed by atoms with Gasteiger partial charge in [-0.15, -0.1) is 11.3 Å². The average molecular weight is 332 g/mol. The maximum Gasteiger partial charge on any atom is 0.225 e. The van der Waals surface area contributed by atoms with Crippen LogP contribution in [0.15, 0.2) is 24.1 Å². The van der Waals surface area contributed by atoms with Gasteiger partial charge in [-0.1, -0.05) is 0 Å². The van der Waals surface area contributed by atoms with Crippen LogP contribution < -0.4 is 0 Å². The third-order valence-electron chi connectivity index (χ3n) is 4.68. The highest BCUT2D eigenvalue weighted by atomic mass is 32.1. The Morgan fingerprint density at radius 1 is 1.48 bits per heavy atom. The van der Waals surface area contributed by atoms with Crippen LogP contribution in [0.25, 0.3) is 0 Å². The molecule has 0 spiro atoms. The zero-order chi connectivity index (χ0) is 15.6. The summed E-state index contributed by atoms with van der Waals surface area (Å²) in [5.41, 5.74) is 1.35. The summed E-state index contributed by atoms with van der Waals surface area (Å²) in [6, 6.07) is 2.39. The van der Waals surface area contributed by atoms with Crippen molar-refractivity contribution in [3.05, 3.63) is 34.5 Å². The number of piperidine rings is 1. The average Bonchev–Trinajstić information content (AvgIpc) is 3.27. The Morgan fingerprint density at radius 2 is 2.43 bits per heavy atom. The fourth-order valence-corrected chi connectivity index (χ4v) is 4.47. The normalized spacial score (nSPS) is 24.4. The van der Waals surface area contributed by atoms with Gasteiger partial charge < -0.3 is 9.64 Å². The fourth-order valence-electron chi connectivity index (χ4n) is 3.47. The number of carbonyl (C=O) groups is 1.